The first-order valence-electron chi connectivity index (χ1n) is 11.1. The fourth-order valence-corrected chi connectivity index (χ4v) is 4.93. The number of nitrogens with zero attached hydrogens (tertiary/aromatic N) is 5. The molecule has 0 bridgehead atoms. The van der Waals surface area contributed by atoms with E-state index >= 15 is 0 Å². The molecule has 0 unspecified atom stereocenters. The third-order valence-corrected chi connectivity index (χ3v) is 6.67. The zero-order valence-corrected chi connectivity index (χ0v) is 18.8. The molecule has 1 fully saturated rings. The van der Waals surface area contributed by atoms with Gasteiger partial charge in [-0.05, 0) is 36.3 Å². The van der Waals surface area contributed by atoms with E-state index < -0.39 is 0 Å². The second-order valence-electron chi connectivity index (χ2n) is 8.78. The molecule has 0 amide bonds. The first-order chi connectivity index (χ1) is 15.6. The summed E-state index contributed by atoms with van der Waals surface area (Å²) in [6.45, 7) is 3.25. The molecule has 5 nitrogen and oxygen atoms in total. The van der Waals surface area contributed by atoms with Gasteiger partial charge in [-0.3, -0.25) is 4.98 Å². The summed E-state index contributed by atoms with van der Waals surface area (Å²) in [5.41, 5.74) is 5.31. The number of nitriles is 1. The zero-order chi connectivity index (χ0) is 22.1. The molecule has 160 valence electrons. The van der Waals surface area contributed by atoms with Gasteiger partial charge >= 0.3 is 0 Å². The number of hydrogen-bond acceptors (Lipinski definition) is 4. The second-order valence-corrected chi connectivity index (χ2v) is 9.22. The summed E-state index contributed by atoms with van der Waals surface area (Å²) in [7, 11) is 0. The predicted octanol–water partition coefficient (Wildman–Crippen LogP) is 6.51. The van der Waals surface area contributed by atoms with Crippen molar-refractivity contribution < 1.29 is 0 Å². The Morgan fingerprint density at radius 3 is 2.56 bits per heavy atom. The molecule has 6 heteroatoms. The molecule has 1 aliphatic carbocycles. The van der Waals surface area contributed by atoms with Crippen LogP contribution < -0.4 is 0 Å². The van der Waals surface area contributed by atoms with Gasteiger partial charge in [-0.15, -0.1) is 0 Å². The summed E-state index contributed by atoms with van der Waals surface area (Å²) >= 11 is 6.25. The maximum Gasteiger partial charge on any atom is 0.233 e. The summed E-state index contributed by atoms with van der Waals surface area (Å²) in [6.07, 6.45) is 10.5. The molecular weight excluding hydrogens is 418 g/mol. The van der Waals surface area contributed by atoms with E-state index in [2.05, 4.69) is 50.8 Å². The Labute approximate surface area is 192 Å². The van der Waals surface area contributed by atoms with Crippen LogP contribution >= 0.6 is 11.6 Å². The van der Waals surface area contributed by atoms with E-state index in [1.807, 2.05) is 24.3 Å². The van der Waals surface area contributed by atoms with Crippen molar-refractivity contribution in [2.75, 3.05) is 0 Å². The first-order valence-corrected chi connectivity index (χ1v) is 11.5. The fraction of sp³-hybridized carbons (Fsp3) is 0.308. The van der Waals surface area contributed by atoms with Crippen molar-refractivity contribution in [3.05, 3.63) is 65.8 Å². The first kappa shape index (κ1) is 20.7. The summed E-state index contributed by atoms with van der Waals surface area (Å²) < 4.78 is 2.29. The van der Waals surface area contributed by atoms with Gasteiger partial charge in [0, 0.05) is 36.3 Å². The van der Waals surface area contributed by atoms with Crippen LogP contribution in [0.1, 0.15) is 38.4 Å². The lowest BCUT2D eigenvalue weighted by Crippen LogP contribution is -2.17. The molecule has 0 N–H and O–H groups in total. The van der Waals surface area contributed by atoms with Gasteiger partial charge < -0.3 is 4.57 Å². The summed E-state index contributed by atoms with van der Waals surface area (Å²) in [6, 6.07) is 14.2. The molecule has 3 heterocycles. The van der Waals surface area contributed by atoms with Crippen molar-refractivity contribution in [2.24, 2.45) is 11.8 Å². The maximum absolute atomic E-state index is 9.65. The van der Waals surface area contributed by atoms with Gasteiger partial charge in [0.05, 0.1) is 10.5 Å². The van der Waals surface area contributed by atoms with Crippen LogP contribution in [0.15, 0.2) is 55.0 Å². The third-order valence-electron chi connectivity index (χ3n) is 6.46. The van der Waals surface area contributed by atoms with Crippen LogP contribution in [-0.4, -0.2) is 19.5 Å². The van der Waals surface area contributed by atoms with Crippen LogP contribution in [0.5, 0.6) is 0 Å². The van der Waals surface area contributed by atoms with E-state index in [-0.39, 0.29) is 5.82 Å². The van der Waals surface area contributed by atoms with Crippen molar-refractivity contribution in [1.82, 2.24) is 19.5 Å². The number of hydrogen-bond donors (Lipinski definition) is 0. The van der Waals surface area contributed by atoms with Crippen molar-refractivity contribution in [1.29, 1.82) is 5.26 Å². The average Bonchev–Trinajstić information content (AvgIpc) is 3.18. The molecular formula is C26H24ClN5. The van der Waals surface area contributed by atoms with Crippen LogP contribution in [0.4, 0.5) is 0 Å². The topological polar surface area (TPSA) is 67.4 Å². The van der Waals surface area contributed by atoms with Gasteiger partial charge in [0.1, 0.15) is 17.3 Å². The lowest BCUT2D eigenvalue weighted by Gasteiger charge is -2.26. The largest absolute Gasteiger partial charge is 0.343 e. The highest BCUT2D eigenvalue weighted by atomic mass is 35.5. The van der Waals surface area contributed by atoms with Gasteiger partial charge in [-0.25, -0.2) is 9.97 Å². The molecule has 3 aromatic heterocycles. The number of pyridine rings is 1. The molecule has 4 aromatic rings. The van der Waals surface area contributed by atoms with Crippen LogP contribution in [0, 0.1) is 23.2 Å². The van der Waals surface area contributed by atoms with Crippen molar-refractivity contribution >= 4 is 22.6 Å². The quantitative estimate of drug-likeness (QED) is 0.362. The van der Waals surface area contributed by atoms with Crippen molar-refractivity contribution in [2.45, 2.75) is 39.2 Å². The Hall–Kier alpha value is -3.23. The second kappa shape index (κ2) is 8.72. The number of benzene rings is 1. The van der Waals surface area contributed by atoms with Gasteiger partial charge in [0.2, 0.25) is 5.82 Å². The summed E-state index contributed by atoms with van der Waals surface area (Å²) in [5, 5.41) is 10.2. The number of fused-ring (bicyclic) bond motifs is 1. The maximum atomic E-state index is 9.65. The molecule has 32 heavy (non-hydrogen) atoms. The minimum Gasteiger partial charge on any atom is -0.343 e. The number of aromatic nitrogens is 4. The zero-order valence-electron chi connectivity index (χ0n) is 18.0. The van der Waals surface area contributed by atoms with E-state index in [1.54, 1.807) is 12.4 Å². The normalized spacial score (nSPS) is 18.5. The molecule has 0 atom stereocenters. The number of halogens is 1. The van der Waals surface area contributed by atoms with Crippen LogP contribution in [0.2, 0.25) is 5.02 Å². The Morgan fingerprint density at radius 2 is 1.84 bits per heavy atom. The van der Waals surface area contributed by atoms with E-state index in [1.165, 1.54) is 25.7 Å². The Balaban J connectivity index is 1.73. The summed E-state index contributed by atoms with van der Waals surface area (Å²) in [5.74, 6) is 1.57. The molecule has 0 radical (unpaired) electrons. The minimum absolute atomic E-state index is 0.147. The highest BCUT2D eigenvalue weighted by Crippen LogP contribution is 2.37. The van der Waals surface area contributed by atoms with E-state index in [9.17, 15) is 5.26 Å². The fourth-order valence-electron chi connectivity index (χ4n) is 4.75. The minimum atomic E-state index is 0.147. The number of rotatable bonds is 4. The Morgan fingerprint density at radius 1 is 1.06 bits per heavy atom. The highest BCUT2D eigenvalue weighted by molar-refractivity contribution is 6.30. The average molecular weight is 442 g/mol. The van der Waals surface area contributed by atoms with Gasteiger partial charge in [-0.1, -0.05) is 61.7 Å². The standard InChI is InChI=1S/C26H24ClN5/c1-17-7-9-18(10-8-17)15-32-16-22(19-5-3-2-4-6-19)25-26(32)24(30-23(12-28)31-25)20-11-21(27)14-29-13-20/h2-6,11,13-14,16-18H,7-10,15H2,1H3. The van der Waals surface area contributed by atoms with Crippen LogP contribution in [-0.2, 0) is 6.54 Å². The SMILES string of the molecule is CC1CCC(Cn2cc(-c3ccccc3)c3nc(C#N)nc(-c4cncc(Cl)c4)c32)CC1. The monoisotopic (exact) mass is 441 g/mol. The Bertz CT molecular complexity index is 1300. The lowest BCUT2D eigenvalue weighted by molar-refractivity contribution is 0.267. The summed E-state index contributed by atoms with van der Waals surface area (Å²) in [4.78, 5) is 13.5. The third kappa shape index (κ3) is 3.99. The van der Waals surface area contributed by atoms with E-state index in [4.69, 9.17) is 11.6 Å². The molecule has 1 saturated carbocycles. The molecule has 0 aliphatic heterocycles. The van der Waals surface area contributed by atoms with E-state index in [0.29, 0.717) is 16.6 Å². The van der Waals surface area contributed by atoms with Gasteiger partial charge in [0.25, 0.3) is 0 Å². The molecule has 1 aromatic carbocycles. The van der Waals surface area contributed by atoms with Gasteiger partial charge in [0.15, 0.2) is 0 Å². The van der Waals surface area contributed by atoms with Crippen molar-refractivity contribution in [3.8, 4) is 28.5 Å². The molecule has 0 spiro atoms. The van der Waals surface area contributed by atoms with Crippen LogP contribution in [0.3, 0.4) is 0 Å². The van der Waals surface area contributed by atoms with Crippen molar-refractivity contribution in [3.63, 3.8) is 0 Å². The smallest absolute Gasteiger partial charge is 0.233 e. The van der Waals surface area contributed by atoms with Crippen LogP contribution in [0.25, 0.3) is 33.4 Å². The van der Waals surface area contributed by atoms with E-state index in [0.717, 1.165) is 40.2 Å². The van der Waals surface area contributed by atoms with Gasteiger partial charge in [-0.2, -0.15) is 5.26 Å². The lowest BCUT2D eigenvalue weighted by atomic mass is 9.83. The molecule has 1 aliphatic rings. The predicted molar refractivity (Wildman–Crippen MR) is 127 cm³/mol. The Kier molecular flexibility index (Phi) is 5.63. The molecule has 0 saturated heterocycles. The molecule has 5 rings (SSSR count). The highest BCUT2D eigenvalue weighted by Gasteiger charge is 2.23.